The van der Waals surface area contributed by atoms with Gasteiger partial charge in [-0.15, -0.1) is 0 Å². The number of rotatable bonds is 4. The smallest absolute Gasteiger partial charge is 0.0954 e. The van der Waals surface area contributed by atoms with Gasteiger partial charge in [-0.3, -0.25) is 4.90 Å². The van der Waals surface area contributed by atoms with E-state index in [1.165, 1.54) is 43.6 Å². The molecule has 1 aromatic carbocycles. The SMILES string of the molecule is CC(c1ccccc1)n1cncc1CN1CCCCC1. The molecule has 1 aliphatic heterocycles. The molecule has 0 radical (unpaired) electrons. The number of nitrogens with zero attached hydrogens (tertiary/aromatic N) is 3. The first kappa shape index (κ1) is 13.4. The van der Waals surface area contributed by atoms with Crippen LogP contribution in [-0.4, -0.2) is 27.5 Å². The second kappa shape index (κ2) is 6.23. The number of imidazole rings is 1. The minimum absolute atomic E-state index is 0.346. The Bertz CT molecular complexity index is 526. The lowest BCUT2D eigenvalue weighted by Gasteiger charge is -2.27. The summed E-state index contributed by atoms with van der Waals surface area (Å²) in [7, 11) is 0. The second-order valence-corrected chi connectivity index (χ2v) is 5.72. The summed E-state index contributed by atoms with van der Waals surface area (Å²) < 4.78 is 2.31. The van der Waals surface area contributed by atoms with Crippen molar-refractivity contribution in [2.75, 3.05) is 13.1 Å². The van der Waals surface area contributed by atoms with E-state index in [0.29, 0.717) is 6.04 Å². The first-order valence-corrected chi connectivity index (χ1v) is 7.62. The summed E-state index contributed by atoms with van der Waals surface area (Å²) in [5.41, 5.74) is 2.66. The molecule has 1 unspecified atom stereocenters. The predicted octanol–water partition coefficient (Wildman–Crippen LogP) is 3.48. The third-order valence-corrected chi connectivity index (χ3v) is 4.28. The van der Waals surface area contributed by atoms with Crippen LogP contribution in [0.1, 0.15) is 43.5 Å². The van der Waals surface area contributed by atoms with Crippen LogP contribution in [0.5, 0.6) is 0 Å². The molecule has 106 valence electrons. The van der Waals surface area contributed by atoms with E-state index in [9.17, 15) is 0 Å². The summed E-state index contributed by atoms with van der Waals surface area (Å²) in [6.07, 6.45) is 8.05. The van der Waals surface area contributed by atoms with Crippen molar-refractivity contribution in [2.45, 2.75) is 38.8 Å². The number of piperidine rings is 1. The molecule has 3 nitrogen and oxygen atoms in total. The molecular weight excluding hydrogens is 246 g/mol. The summed E-state index contributed by atoms with van der Waals surface area (Å²) in [5, 5.41) is 0. The van der Waals surface area contributed by atoms with E-state index < -0.39 is 0 Å². The predicted molar refractivity (Wildman–Crippen MR) is 81.6 cm³/mol. The molecule has 1 aromatic heterocycles. The fourth-order valence-electron chi connectivity index (χ4n) is 3.04. The Morgan fingerprint density at radius 3 is 2.60 bits per heavy atom. The van der Waals surface area contributed by atoms with Gasteiger partial charge in [-0.05, 0) is 38.4 Å². The zero-order chi connectivity index (χ0) is 13.8. The van der Waals surface area contributed by atoms with Crippen molar-refractivity contribution in [3.8, 4) is 0 Å². The van der Waals surface area contributed by atoms with Crippen LogP contribution in [0.2, 0.25) is 0 Å². The lowest BCUT2D eigenvalue weighted by Crippen LogP contribution is -2.30. The summed E-state index contributed by atoms with van der Waals surface area (Å²) in [5.74, 6) is 0. The monoisotopic (exact) mass is 269 g/mol. The zero-order valence-corrected chi connectivity index (χ0v) is 12.2. The normalized spacial score (nSPS) is 18.1. The molecule has 1 fully saturated rings. The average molecular weight is 269 g/mol. The molecule has 0 spiro atoms. The maximum Gasteiger partial charge on any atom is 0.0954 e. The second-order valence-electron chi connectivity index (χ2n) is 5.72. The van der Waals surface area contributed by atoms with Crippen LogP contribution in [0.25, 0.3) is 0 Å². The van der Waals surface area contributed by atoms with Crippen molar-refractivity contribution in [3.05, 3.63) is 54.1 Å². The van der Waals surface area contributed by atoms with E-state index in [1.54, 1.807) is 0 Å². The van der Waals surface area contributed by atoms with Gasteiger partial charge in [-0.2, -0.15) is 0 Å². The lowest BCUT2D eigenvalue weighted by atomic mass is 10.1. The molecule has 0 amide bonds. The van der Waals surface area contributed by atoms with Crippen LogP contribution in [-0.2, 0) is 6.54 Å². The van der Waals surface area contributed by atoms with Crippen molar-refractivity contribution in [1.82, 2.24) is 14.5 Å². The minimum Gasteiger partial charge on any atom is -0.326 e. The van der Waals surface area contributed by atoms with E-state index in [-0.39, 0.29) is 0 Å². The van der Waals surface area contributed by atoms with E-state index in [0.717, 1.165) is 6.54 Å². The Hall–Kier alpha value is -1.61. The van der Waals surface area contributed by atoms with Crippen LogP contribution in [0, 0.1) is 0 Å². The number of likely N-dealkylation sites (tertiary alicyclic amines) is 1. The Labute approximate surface area is 121 Å². The number of benzene rings is 1. The fourth-order valence-corrected chi connectivity index (χ4v) is 3.04. The van der Waals surface area contributed by atoms with Crippen LogP contribution < -0.4 is 0 Å². The van der Waals surface area contributed by atoms with Gasteiger partial charge in [0.05, 0.1) is 18.1 Å². The maximum absolute atomic E-state index is 4.37. The van der Waals surface area contributed by atoms with E-state index in [2.05, 4.69) is 51.7 Å². The molecule has 0 N–H and O–H groups in total. The Morgan fingerprint density at radius 1 is 1.10 bits per heavy atom. The number of hydrogen-bond donors (Lipinski definition) is 0. The van der Waals surface area contributed by atoms with Crippen molar-refractivity contribution in [3.63, 3.8) is 0 Å². The van der Waals surface area contributed by atoms with Crippen LogP contribution in [0.4, 0.5) is 0 Å². The number of aromatic nitrogens is 2. The van der Waals surface area contributed by atoms with Crippen LogP contribution >= 0.6 is 0 Å². The van der Waals surface area contributed by atoms with Gasteiger partial charge in [0.25, 0.3) is 0 Å². The fraction of sp³-hybridized carbons (Fsp3) is 0.471. The highest BCUT2D eigenvalue weighted by molar-refractivity contribution is 5.20. The molecule has 2 heterocycles. The molecule has 1 aliphatic rings. The van der Waals surface area contributed by atoms with Gasteiger partial charge < -0.3 is 4.57 Å². The standard InChI is InChI=1S/C17H23N3/c1-15(16-8-4-2-5-9-16)20-14-18-12-17(20)13-19-10-6-3-7-11-19/h2,4-5,8-9,12,14-15H,3,6-7,10-11,13H2,1H3. The van der Waals surface area contributed by atoms with Crippen molar-refractivity contribution in [1.29, 1.82) is 0 Å². The van der Waals surface area contributed by atoms with E-state index in [1.807, 2.05) is 12.5 Å². The van der Waals surface area contributed by atoms with Gasteiger partial charge in [-0.1, -0.05) is 36.8 Å². The third kappa shape index (κ3) is 2.93. The highest BCUT2D eigenvalue weighted by atomic mass is 15.2. The highest BCUT2D eigenvalue weighted by Gasteiger charge is 2.15. The van der Waals surface area contributed by atoms with E-state index in [4.69, 9.17) is 0 Å². The molecule has 2 aromatic rings. The molecule has 3 heteroatoms. The van der Waals surface area contributed by atoms with E-state index >= 15 is 0 Å². The maximum atomic E-state index is 4.37. The zero-order valence-electron chi connectivity index (χ0n) is 12.2. The Morgan fingerprint density at radius 2 is 1.85 bits per heavy atom. The largest absolute Gasteiger partial charge is 0.326 e. The quantitative estimate of drug-likeness (QED) is 0.847. The van der Waals surface area contributed by atoms with Gasteiger partial charge in [0.1, 0.15) is 0 Å². The first-order valence-electron chi connectivity index (χ1n) is 7.62. The molecular formula is C17H23N3. The van der Waals surface area contributed by atoms with Gasteiger partial charge in [-0.25, -0.2) is 4.98 Å². The highest BCUT2D eigenvalue weighted by Crippen LogP contribution is 2.21. The topological polar surface area (TPSA) is 21.1 Å². The Balaban J connectivity index is 1.75. The molecule has 3 rings (SSSR count). The van der Waals surface area contributed by atoms with Crippen molar-refractivity contribution < 1.29 is 0 Å². The molecule has 1 atom stereocenters. The van der Waals surface area contributed by atoms with Crippen LogP contribution in [0.15, 0.2) is 42.9 Å². The minimum atomic E-state index is 0.346. The number of hydrogen-bond acceptors (Lipinski definition) is 2. The van der Waals surface area contributed by atoms with Crippen molar-refractivity contribution >= 4 is 0 Å². The molecule has 0 bridgehead atoms. The Kier molecular flexibility index (Phi) is 4.16. The van der Waals surface area contributed by atoms with Gasteiger partial charge in [0, 0.05) is 12.7 Å². The van der Waals surface area contributed by atoms with Gasteiger partial charge in [0.15, 0.2) is 0 Å². The molecule has 1 saturated heterocycles. The van der Waals surface area contributed by atoms with Gasteiger partial charge >= 0.3 is 0 Å². The van der Waals surface area contributed by atoms with Gasteiger partial charge in [0.2, 0.25) is 0 Å². The van der Waals surface area contributed by atoms with Crippen molar-refractivity contribution in [2.24, 2.45) is 0 Å². The first-order chi connectivity index (χ1) is 9.84. The lowest BCUT2D eigenvalue weighted by molar-refractivity contribution is 0.215. The summed E-state index contributed by atoms with van der Waals surface area (Å²) >= 11 is 0. The average Bonchev–Trinajstić information content (AvgIpc) is 2.96. The molecule has 0 saturated carbocycles. The third-order valence-electron chi connectivity index (χ3n) is 4.28. The summed E-state index contributed by atoms with van der Waals surface area (Å²) in [4.78, 5) is 6.92. The molecule has 20 heavy (non-hydrogen) atoms. The van der Waals surface area contributed by atoms with Crippen LogP contribution in [0.3, 0.4) is 0 Å². The summed E-state index contributed by atoms with van der Waals surface area (Å²) in [6.45, 7) is 5.73. The summed E-state index contributed by atoms with van der Waals surface area (Å²) in [6, 6.07) is 11.0. The molecule has 0 aliphatic carbocycles.